The SMILES string of the molecule is CCc1ccccc1OC(C)(C)C(N)=S. The molecule has 1 aromatic carbocycles. The van der Waals surface area contributed by atoms with Crippen molar-refractivity contribution in [3.05, 3.63) is 29.8 Å². The van der Waals surface area contributed by atoms with Gasteiger partial charge in [0, 0.05) is 0 Å². The molecule has 0 bridgehead atoms. The van der Waals surface area contributed by atoms with E-state index < -0.39 is 5.60 Å². The van der Waals surface area contributed by atoms with Crippen LogP contribution in [0.25, 0.3) is 0 Å². The standard InChI is InChI=1S/C12H17NOS/c1-4-9-7-5-6-8-10(9)14-12(2,3)11(13)15/h5-8H,4H2,1-3H3,(H2,13,15). The Morgan fingerprint density at radius 3 is 2.53 bits per heavy atom. The predicted octanol–water partition coefficient (Wildman–Crippen LogP) is 2.69. The summed E-state index contributed by atoms with van der Waals surface area (Å²) in [5, 5.41) is 0. The van der Waals surface area contributed by atoms with Crippen molar-refractivity contribution in [1.29, 1.82) is 0 Å². The summed E-state index contributed by atoms with van der Waals surface area (Å²) in [6.45, 7) is 5.85. The van der Waals surface area contributed by atoms with Crippen molar-refractivity contribution < 1.29 is 4.74 Å². The summed E-state index contributed by atoms with van der Waals surface area (Å²) < 4.78 is 5.82. The number of hydrogen-bond donors (Lipinski definition) is 1. The first-order chi connectivity index (χ1) is 6.97. The van der Waals surface area contributed by atoms with Crippen LogP contribution in [-0.2, 0) is 6.42 Å². The summed E-state index contributed by atoms with van der Waals surface area (Å²) in [6, 6.07) is 7.94. The molecule has 1 rings (SSSR count). The van der Waals surface area contributed by atoms with Crippen LogP contribution in [0.4, 0.5) is 0 Å². The van der Waals surface area contributed by atoms with Crippen molar-refractivity contribution in [2.45, 2.75) is 32.8 Å². The maximum absolute atomic E-state index is 5.82. The van der Waals surface area contributed by atoms with Gasteiger partial charge in [0.2, 0.25) is 0 Å². The molecule has 0 aromatic heterocycles. The van der Waals surface area contributed by atoms with Crippen LogP contribution >= 0.6 is 12.2 Å². The molecule has 0 spiro atoms. The van der Waals surface area contributed by atoms with Crippen molar-refractivity contribution in [2.75, 3.05) is 0 Å². The highest BCUT2D eigenvalue weighted by molar-refractivity contribution is 7.80. The van der Waals surface area contributed by atoms with E-state index in [0.29, 0.717) is 4.99 Å². The number of benzene rings is 1. The summed E-state index contributed by atoms with van der Waals surface area (Å²) in [5.41, 5.74) is 6.19. The fourth-order valence-electron chi connectivity index (χ4n) is 1.22. The van der Waals surface area contributed by atoms with Crippen LogP contribution in [0, 0.1) is 0 Å². The Labute approximate surface area is 96.4 Å². The molecule has 0 atom stereocenters. The topological polar surface area (TPSA) is 35.2 Å². The zero-order valence-electron chi connectivity index (χ0n) is 9.41. The van der Waals surface area contributed by atoms with Crippen LogP contribution in [0.2, 0.25) is 0 Å². The van der Waals surface area contributed by atoms with Gasteiger partial charge in [-0.2, -0.15) is 0 Å². The van der Waals surface area contributed by atoms with Gasteiger partial charge in [0.05, 0.1) is 0 Å². The number of thiocarbonyl (C=S) groups is 1. The van der Waals surface area contributed by atoms with Crippen LogP contribution in [0.5, 0.6) is 5.75 Å². The lowest BCUT2D eigenvalue weighted by Crippen LogP contribution is -2.42. The van der Waals surface area contributed by atoms with Crippen LogP contribution in [0.15, 0.2) is 24.3 Å². The molecule has 15 heavy (non-hydrogen) atoms. The minimum atomic E-state index is -0.597. The summed E-state index contributed by atoms with van der Waals surface area (Å²) in [7, 11) is 0. The minimum absolute atomic E-state index is 0.369. The average Bonchev–Trinajstić information content (AvgIpc) is 2.18. The lowest BCUT2D eigenvalue weighted by atomic mass is 10.1. The highest BCUT2D eigenvalue weighted by Crippen LogP contribution is 2.23. The van der Waals surface area contributed by atoms with E-state index in [0.717, 1.165) is 12.2 Å². The molecule has 82 valence electrons. The summed E-state index contributed by atoms with van der Waals surface area (Å²) >= 11 is 4.96. The largest absolute Gasteiger partial charge is 0.480 e. The highest BCUT2D eigenvalue weighted by Gasteiger charge is 2.24. The number of hydrogen-bond acceptors (Lipinski definition) is 2. The first-order valence-corrected chi connectivity index (χ1v) is 5.45. The van der Waals surface area contributed by atoms with E-state index in [1.807, 2.05) is 38.1 Å². The normalized spacial score (nSPS) is 11.1. The lowest BCUT2D eigenvalue weighted by molar-refractivity contribution is 0.182. The molecule has 0 saturated heterocycles. The van der Waals surface area contributed by atoms with Gasteiger partial charge in [-0.3, -0.25) is 0 Å². The molecule has 3 heteroatoms. The van der Waals surface area contributed by atoms with Gasteiger partial charge in [-0.05, 0) is 31.9 Å². The smallest absolute Gasteiger partial charge is 0.153 e. The summed E-state index contributed by atoms with van der Waals surface area (Å²) in [4.78, 5) is 0.369. The molecule has 0 radical (unpaired) electrons. The molecule has 2 nitrogen and oxygen atoms in total. The van der Waals surface area contributed by atoms with Gasteiger partial charge in [0.1, 0.15) is 10.7 Å². The summed E-state index contributed by atoms with van der Waals surface area (Å²) in [6.07, 6.45) is 0.934. The maximum Gasteiger partial charge on any atom is 0.153 e. The Morgan fingerprint density at radius 1 is 1.40 bits per heavy atom. The third-order valence-electron chi connectivity index (χ3n) is 2.31. The molecular formula is C12H17NOS. The van der Waals surface area contributed by atoms with E-state index >= 15 is 0 Å². The lowest BCUT2D eigenvalue weighted by Gasteiger charge is -2.26. The zero-order chi connectivity index (χ0) is 11.5. The molecule has 0 fully saturated rings. The van der Waals surface area contributed by atoms with Gasteiger partial charge in [0.25, 0.3) is 0 Å². The van der Waals surface area contributed by atoms with Crippen molar-refractivity contribution in [2.24, 2.45) is 5.73 Å². The van der Waals surface area contributed by atoms with Crippen LogP contribution in [0.3, 0.4) is 0 Å². The summed E-state index contributed by atoms with van der Waals surface area (Å²) in [5.74, 6) is 0.859. The minimum Gasteiger partial charge on any atom is -0.480 e. The van der Waals surface area contributed by atoms with Gasteiger partial charge >= 0.3 is 0 Å². The molecule has 0 aliphatic carbocycles. The highest BCUT2D eigenvalue weighted by atomic mass is 32.1. The quantitative estimate of drug-likeness (QED) is 0.797. The Morgan fingerprint density at radius 2 is 2.00 bits per heavy atom. The first kappa shape index (κ1) is 12.0. The van der Waals surface area contributed by atoms with Crippen LogP contribution in [0.1, 0.15) is 26.3 Å². The molecule has 0 aliphatic rings. The van der Waals surface area contributed by atoms with Gasteiger partial charge < -0.3 is 10.5 Å². The Hall–Kier alpha value is -1.09. The van der Waals surface area contributed by atoms with E-state index in [1.54, 1.807) is 0 Å². The Balaban J connectivity index is 2.94. The molecule has 0 aliphatic heterocycles. The van der Waals surface area contributed by atoms with Crippen molar-refractivity contribution in [1.82, 2.24) is 0 Å². The van der Waals surface area contributed by atoms with E-state index in [4.69, 9.17) is 22.7 Å². The third-order valence-corrected chi connectivity index (χ3v) is 2.80. The van der Waals surface area contributed by atoms with Gasteiger partial charge in [-0.25, -0.2) is 0 Å². The Bertz CT molecular complexity index is 360. The van der Waals surface area contributed by atoms with Crippen LogP contribution in [-0.4, -0.2) is 10.6 Å². The zero-order valence-corrected chi connectivity index (χ0v) is 10.2. The van der Waals surface area contributed by atoms with E-state index in [2.05, 4.69) is 6.92 Å². The number of nitrogens with two attached hydrogens (primary N) is 1. The number of aryl methyl sites for hydroxylation is 1. The van der Waals surface area contributed by atoms with Crippen molar-refractivity contribution in [3.8, 4) is 5.75 Å². The van der Waals surface area contributed by atoms with Gasteiger partial charge in [-0.15, -0.1) is 0 Å². The molecular weight excluding hydrogens is 206 g/mol. The fraction of sp³-hybridized carbons (Fsp3) is 0.417. The second-order valence-corrected chi connectivity index (χ2v) is 4.38. The molecule has 1 aromatic rings. The second-order valence-electron chi connectivity index (χ2n) is 3.94. The monoisotopic (exact) mass is 223 g/mol. The van der Waals surface area contributed by atoms with E-state index in [-0.39, 0.29) is 0 Å². The molecule has 2 N–H and O–H groups in total. The molecule has 0 heterocycles. The van der Waals surface area contributed by atoms with Gasteiger partial charge in [-0.1, -0.05) is 37.3 Å². The predicted molar refractivity (Wildman–Crippen MR) is 67.3 cm³/mol. The van der Waals surface area contributed by atoms with E-state index in [1.165, 1.54) is 5.56 Å². The molecule has 0 unspecified atom stereocenters. The number of ether oxygens (including phenoxy) is 1. The second kappa shape index (κ2) is 4.62. The molecule has 0 amide bonds. The van der Waals surface area contributed by atoms with Crippen LogP contribution < -0.4 is 10.5 Å². The number of rotatable bonds is 4. The fourth-order valence-corrected chi connectivity index (χ4v) is 1.26. The van der Waals surface area contributed by atoms with Crippen molar-refractivity contribution >= 4 is 17.2 Å². The third kappa shape index (κ3) is 2.93. The Kier molecular flexibility index (Phi) is 3.69. The number of para-hydroxylation sites is 1. The maximum atomic E-state index is 5.82. The van der Waals surface area contributed by atoms with Crippen molar-refractivity contribution in [3.63, 3.8) is 0 Å². The first-order valence-electron chi connectivity index (χ1n) is 5.04. The van der Waals surface area contributed by atoms with E-state index in [9.17, 15) is 0 Å². The van der Waals surface area contributed by atoms with Gasteiger partial charge in [0.15, 0.2) is 5.60 Å². The average molecular weight is 223 g/mol. The molecule has 0 saturated carbocycles.